The Morgan fingerprint density at radius 1 is 1.39 bits per heavy atom. The van der Waals surface area contributed by atoms with Crippen molar-refractivity contribution in [3.63, 3.8) is 0 Å². The number of thioether (sulfide) groups is 1. The van der Waals surface area contributed by atoms with Crippen molar-refractivity contribution >= 4 is 17.6 Å². The van der Waals surface area contributed by atoms with Crippen molar-refractivity contribution < 1.29 is 0 Å². The molecule has 0 radical (unpaired) electrons. The maximum Gasteiger partial charge on any atom is 0.128 e. The van der Waals surface area contributed by atoms with Gasteiger partial charge in [-0.3, -0.25) is 0 Å². The van der Waals surface area contributed by atoms with Crippen LogP contribution in [0.4, 0.5) is 5.82 Å². The van der Waals surface area contributed by atoms with Gasteiger partial charge in [0.15, 0.2) is 0 Å². The molecule has 0 spiro atoms. The van der Waals surface area contributed by atoms with Crippen LogP contribution in [0.3, 0.4) is 0 Å². The normalized spacial score (nSPS) is 20.8. The molecule has 0 saturated carbocycles. The van der Waals surface area contributed by atoms with Crippen LogP contribution < -0.4 is 10.6 Å². The Morgan fingerprint density at radius 3 is 2.94 bits per heavy atom. The first-order valence-corrected chi connectivity index (χ1v) is 8.05. The Bertz CT molecular complexity index is 353. The molecule has 100 valence electrons. The van der Waals surface area contributed by atoms with Crippen LogP contribution in [-0.2, 0) is 6.42 Å². The van der Waals surface area contributed by atoms with Crippen LogP contribution in [-0.4, -0.2) is 36.1 Å². The van der Waals surface area contributed by atoms with Gasteiger partial charge in [0, 0.05) is 24.5 Å². The molecule has 1 atom stereocenters. The molecular weight excluding hydrogens is 242 g/mol. The molecule has 0 aliphatic carbocycles. The molecular formula is C14H23N3S. The first-order valence-electron chi connectivity index (χ1n) is 6.76. The van der Waals surface area contributed by atoms with Gasteiger partial charge >= 0.3 is 0 Å². The third kappa shape index (κ3) is 3.62. The highest BCUT2D eigenvalue weighted by Crippen LogP contribution is 2.23. The molecule has 0 bridgehead atoms. The molecule has 1 aromatic heterocycles. The SMILES string of the molecule is CSC1CCCN(c2ccc(CCN)cn2)CC1. The Morgan fingerprint density at radius 2 is 2.28 bits per heavy atom. The molecule has 1 fully saturated rings. The molecule has 4 heteroatoms. The number of nitrogens with two attached hydrogens (primary N) is 1. The van der Waals surface area contributed by atoms with E-state index in [1.54, 1.807) is 0 Å². The summed E-state index contributed by atoms with van der Waals surface area (Å²) in [6.07, 6.45) is 9.00. The summed E-state index contributed by atoms with van der Waals surface area (Å²) in [5.41, 5.74) is 6.79. The fourth-order valence-electron chi connectivity index (χ4n) is 2.45. The average Bonchev–Trinajstić information content (AvgIpc) is 2.65. The molecule has 2 heterocycles. The lowest BCUT2D eigenvalue weighted by Crippen LogP contribution is -2.25. The molecule has 0 aromatic carbocycles. The van der Waals surface area contributed by atoms with E-state index < -0.39 is 0 Å². The summed E-state index contributed by atoms with van der Waals surface area (Å²) in [6, 6.07) is 4.30. The highest BCUT2D eigenvalue weighted by atomic mass is 32.2. The quantitative estimate of drug-likeness (QED) is 0.907. The summed E-state index contributed by atoms with van der Waals surface area (Å²) >= 11 is 2.00. The fourth-order valence-corrected chi connectivity index (χ4v) is 3.19. The van der Waals surface area contributed by atoms with Crippen LogP contribution in [0, 0.1) is 0 Å². The van der Waals surface area contributed by atoms with Crippen molar-refractivity contribution in [3.8, 4) is 0 Å². The first-order chi connectivity index (χ1) is 8.83. The number of hydrogen-bond donors (Lipinski definition) is 1. The lowest BCUT2D eigenvalue weighted by atomic mass is 10.2. The van der Waals surface area contributed by atoms with Gasteiger partial charge in [0.2, 0.25) is 0 Å². The van der Waals surface area contributed by atoms with Crippen LogP contribution in [0.2, 0.25) is 0 Å². The van der Waals surface area contributed by atoms with Crippen LogP contribution in [0.15, 0.2) is 18.3 Å². The second-order valence-corrected chi connectivity index (χ2v) is 5.98. The zero-order valence-electron chi connectivity index (χ0n) is 11.1. The van der Waals surface area contributed by atoms with Gasteiger partial charge in [0.1, 0.15) is 5.82 Å². The Balaban J connectivity index is 1.98. The summed E-state index contributed by atoms with van der Waals surface area (Å²) in [5.74, 6) is 1.12. The molecule has 3 nitrogen and oxygen atoms in total. The molecule has 1 aliphatic heterocycles. The van der Waals surface area contributed by atoms with Gasteiger partial charge in [-0.05, 0) is 50.1 Å². The van der Waals surface area contributed by atoms with Crippen molar-refractivity contribution in [2.45, 2.75) is 30.9 Å². The molecule has 0 amide bonds. The molecule has 18 heavy (non-hydrogen) atoms. The standard InChI is InChI=1S/C14H23N3S/c1-18-13-3-2-9-17(10-7-13)14-5-4-12(6-8-15)11-16-14/h4-5,11,13H,2-3,6-10,15H2,1H3. The number of rotatable bonds is 4. The van der Waals surface area contributed by atoms with E-state index >= 15 is 0 Å². The summed E-state index contributed by atoms with van der Waals surface area (Å²) in [7, 11) is 0. The van der Waals surface area contributed by atoms with E-state index in [0.29, 0.717) is 6.54 Å². The minimum absolute atomic E-state index is 0.695. The van der Waals surface area contributed by atoms with Crippen LogP contribution in [0.1, 0.15) is 24.8 Å². The van der Waals surface area contributed by atoms with Gasteiger partial charge in [0.05, 0.1) is 0 Å². The van der Waals surface area contributed by atoms with Crippen LogP contribution in [0.5, 0.6) is 0 Å². The van der Waals surface area contributed by atoms with E-state index in [2.05, 4.69) is 28.3 Å². The monoisotopic (exact) mass is 265 g/mol. The average molecular weight is 265 g/mol. The zero-order valence-corrected chi connectivity index (χ0v) is 12.0. The van der Waals surface area contributed by atoms with Crippen molar-refractivity contribution in [1.82, 2.24) is 4.98 Å². The lowest BCUT2D eigenvalue weighted by Gasteiger charge is -2.21. The number of hydrogen-bond acceptors (Lipinski definition) is 4. The molecule has 1 saturated heterocycles. The Labute approximate surface area is 114 Å². The van der Waals surface area contributed by atoms with Crippen molar-refractivity contribution in [1.29, 1.82) is 0 Å². The highest BCUT2D eigenvalue weighted by Gasteiger charge is 2.16. The Kier molecular flexibility index (Phi) is 5.32. The summed E-state index contributed by atoms with van der Waals surface area (Å²) in [4.78, 5) is 7.00. The molecule has 2 N–H and O–H groups in total. The summed E-state index contributed by atoms with van der Waals surface area (Å²) < 4.78 is 0. The van der Waals surface area contributed by atoms with E-state index in [0.717, 1.165) is 30.6 Å². The summed E-state index contributed by atoms with van der Waals surface area (Å²) in [6.45, 7) is 2.97. The second-order valence-electron chi connectivity index (χ2n) is 4.84. The number of anilines is 1. The predicted octanol–water partition coefficient (Wildman–Crippen LogP) is 2.30. The zero-order chi connectivity index (χ0) is 12.8. The number of aromatic nitrogens is 1. The third-order valence-electron chi connectivity index (χ3n) is 3.57. The molecule has 2 rings (SSSR count). The fraction of sp³-hybridized carbons (Fsp3) is 0.643. The van der Waals surface area contributed by atoms with E-state index in [1.165, 1.54) is 24.8 Å². The van der Waals surface area contributed by atoms with E-state index in [9.17, 15) is 0 Å². The van der Waals surface area contributed by atoms with Crippen molar-refractivity contribution in [2.24, 2.45) is 5.73 Å². The number of pyridine rings is 1. The van der Waals surface area contributed by atoms with Gasteiger partial charge in [-0.15, -0.1) is 0 Å². The topological polar surface area (TPSA) is 42.1 Å². The minimum atomic E-state index is 0.695. The van der Waals surface area contributed by atoms with Gasteiger partial charge < -0.3 is 10.6 Å². The van der Waals surface area contributed by atoms with Gasteiger partial charge in [-0.2, -0.15) is 11.8 Å². The van der Waals surface area contributed by atoms with Crippen molar-refractivity contribution in [3.05, 3.63) is 23.9 Å². The lowest BCUT2D eigenvalue weighted by molar-refractivity contribution is 0.745. The molecule has 1 aromatic rings. The van der Waals surface area contributed by atoms with Crippen LogP contribution >= 0.6 is 11.8 Å². The second kappa shape index (κ2) is 7.00. The Hall–Kier alpha value is -0.740. The maximum atomic E-state index is 5.55. The van der Waals surface area contributed by atoms with Gasteiger partial charge in [-0.1, -0.05) is 6.07 Å². The van der Waals surface area contributed by atoms with E-state index in [-0.39, 0.29) is 0 Å². The minimum Gasteiger partial charge on any atom is -0.357 e. The summed E-state index contributed by atoms with van der Waals surface area (Å²) in [5, 5.41) is 0.825. The van der Waals surface area contributed by atoms with E-state index in [1.807, 2.05) is 18.0 Å². The van der Waals surface area contributed by atoms with Gasteiger partial charge in [-0.25, -0.2) is 4.98 Å². The van der Waals surface area contributed by atoms with E-state index in [4.69, 9.17) is 5.73 Å². The highest BCUT2D eigenvalue weighted by molar-refractivity contribution is 7.99. The molecule has 1 aliphatic rings. The van der Waals surface area contributed by atoms with Gasteiger partial charge in [0.25, 0.3) is 0 Å². The first kappa shape index (κ1) is 13.7. The predicted molar refractivity (Wildman–Crippen MR) is 80.4 cm³/mol. The largest absolute Gasteiger partial charge is 0.357 e. The maximum absolute atomic E-state index is 5.55. The smallest absolute Gasteiger partial charge is 0.128 e. The number of nitrogens with zero attached hydrogens (tertiary/aromatic N) is 2. The van der Waals surface area contributed by atoms with Crippen LogP contribution in [0.25, 0.3) is 0 Å². The molecule has 1 unspecified atom stereocenters. The van der Waals surface area contributed by atoms with Crippen molar-refractivity contribution in [2.75, 3.05) is 30.8 Å². The third-order valence-corrected chi connectivity index (χ3v) is 4.71.